The second kappa shape index (κ2) is 11.9. The van der Waals surface area contributed by atoms with Gasteiger partial charge < -0.3 is 15.4 Å². The maximum atomic E-state index is 13.8. The first-order chi connectivity index (χ1) is 14.0. The summed E-state index contributed by atoms with van der Waals surface area (Å²) in [6.07, 6.45) is 0.797. The number of halogens is 1. The third kappa shape index (κ3) is 7.57. The van der Waals surface area contributed by atoms with Crippen LogP contribution in [0.25, 0.3) is 0 Å². The van der Waals surface area contributed by atoms with Crippen LogP contribution in [0.5, 0.6) is 0 Å². The number of ether oxygens (including phenoxy) is 1. The molecule has 2 amide bonds. The fourth-order valence-corrected chi connectivity index (χ4v) is 3.32. The minimum Gasteiger partial charge on any atom is -0.452 e. The van der Waals surface area contributed by atoms with Crippen molar-refractivity contribution < 1.29 is 23.5 Å². The zero-order valence-corrected chi connectivity index (χ0v) is 16.9. The maximum absolute atomic E-state index is 13.8. The molecule has 0 saturated heterocycles. The Bertz CT molecular complexity index is 860. The highest BCUT2D eigenvalue weighted by molar-refractivity contribution is 7.98. The lowest BCUT2D eigenvalue weighted by Crippen LogP contribution is -2.38. The molecule has 0 fully saturated rings. The summed E-state index contributed by atoms with van der Waals surface area (Å²) in [6, 6.07) is 13.2. The van der Waals surface area contributed by atoms with Gasteiger partial charge in [0.25, 0.3) is 5.91 Å². The Kier molecular flexibility index (Phi) is 9.17. The van der Waals surface area contributed by atoms with E-state index in [-0.39, 0.29) is 18.3 Å². The monoisotopic (exact) mass is 418 g/mol. The van der Waals surface area contributed by atoms with Crippen LogP contribution >= 0.6 is 11.8 Å². The lowest BCUT2D eigenvalue weighted by Gasteiger charge is -2.10. The number of benzene rings is 2. The number of carbonyl (C=O) groups is 3. The molecule has 0 saturated carbocycles. The van der Waals surface area contributed by atoms with Gasteiger partial charge in [0.1, 0.15) is 5.82 Å². The van der Waals surface area contributed by atoms with Gasteiger partial charge in [-0.2, -0.15) is 0 Å². The molecule has 0 aromatic heterocycles. The Morgan fingerprint density at radius 2 is 1.72 bits per heavy atom. The number of rotatable bonds is 10. The average molecular weight is 418 g/mol. The van der Waals surface area contributed by atoms with Gasteiger partial charge >= 0.3 is 5.97 Å². The van der Waals surface area contributed by atoms with Crippen molar-refractivity contribution >= 4 is 29.5 Å². The van der Waals surface area contributed by atoms with Crippen LogP contribution in [0.15, 0.2) is 53.4 Å². The number of hydrogen-bond acceptors (Lipinski definition) is 5. The minimum absolute atomic E-state index is 0.175. The first-order valence-electron chi connectivity index (χ1n) is 9.17. The van der Waals surface area contributed by atoms with E-state index in [2.05, 4.69) is 10.6 Å². The highest BCUT2D eigenvalue weighted by Crippen LogP contribution is 2.27. The number of thioether (sulfide) groups is 1. The van der Waals surface area contributed by atoms with Gasteiger partial charge in [0, 0.05) is 17.2 Å². The van der Waals surface area contributed by atoms with E-state index in [0.29, 0.717) is 28.3 Å². The summed E-state index contributed by atoms with van der Waals surface area (Å²) in [5, 5.41) is 5.02. The zero-order valence-electron chi connectivity index (χ0n) is 16.1. The van der Waals surface area contributed by atoms with Gasteiger partial charge in [0.2, 0.25) is 5.91 Å². The molecule has 154 valence electrons. The largest absolute Gasteiger partial charge is 0.452 e. The second-order valence-corrected chi connectivity index (χ2v) is 7.10. The van der Waals surface area contributed by atoms with Gasteiger partial charge in [0.05, 0.1) is 12.1 Å². The molecular weight excluding hydrogens is 395 g/mol. The van der Waals surface area contributed by atoms with Gasteiger partial charge in [0.15, 0.2) is 6.61 Å². The Morgan fingerprint density at radius 3 is 2.48 bits per heavy atom. The third-order valence-corrected chi connectivity index (χ3v) is 4.92. The molecule has 0 aliphatic carbocycles. The van der Waals surface area contributed by atoms with Crippen molar-refractivity contribution in [1.29, 1.82) is 0 Å². The Hall–Kier alpha value is -2.87. The van der Waals surface area contributed by atoms with Crippen molar-refractivity contribution in [2.45, 2.75) is 24.0 Å². The van der Waals surface area contributed by atoms with E-state index in [9.17, 15) is 18.8 Å². The number of carbonyl (C=O) groups excluding carboxylic acids is 3. The van der Waals surface area contributed by atoms with E-state index < -0.39 is 18.5 Å². The second-order valence-electron chi connectivity index (χ2n) is 6.08. The third-order valence-electron chi connectivity index (χ3n) is 3.80. The van der Waals surface area contributed by atoms with Crippen LogP contribution in [0, 0.1) is 5.82 Å². The smallest absolute Gasteiger partial charge is 0.339 e. The lowest BCUT2D eigenvalue weighted by atomic mass is 10.2. The van der Waals surface area contributed by atoms with Crippen molar-refractivity contribution in [3.8, 4) is 0 Å². The zero-order chi connectivity index (χ0) is 21.1. The molecule has 0 spiro atoms. The molecule has 0 heterocycles. The van der Waals surface area contributed by atoms with E-state index in [1.54, 1.807) is 42.5 Å². The number of amides is 2. The summed E-state index contributed by atoms with van der Waals surface area (Å²) >= 11 is 1.30. The van der Waals surface area contributed by atoms with Crippen molar-refractivity contribution in [2.24, 2.45) is 0 Å². The van der Waals surface area contributed by atoms with Gasteiger partial charge in [-0.3, -0.25) is 9.59 Å². The molecular formula is C21H23FN2O4S. The molecule has 0 radical (unpaired) electrons. The summed E-state index contributed by atoms with van der Waals surface area (Å²) in [5.74, 6) is -1.49. The highest BCUT2D eigenvalue weighted by Gasteiger charge is 2.15. The Morgan fingerprint density at radius 1 is 1.00 bits per heavy atom. The predicted molar refractivity (Wildman–Crippen MR) is 109 cm³/mol. The molecule has 2 aromatic carbocycles. The topological polar surface area (TPSA) is 84.5 Å². The molecule has 2 aromatic rings. The van der Waals surface area contributed by atoms with Gasteiger partial charge in [-0.15, -0.1) is 11.8 Å². The summed E-state index contributed by atoms with van der Waals surface area (Å²) in [6.45, 7) is 1.79. The van der Waals surface area contributed by atoms with Crippen LogP contribution in [0.3, 0.4) is 0 Å². The van der Waals surface area contributed by atoms with Crippen molar-refractivity contribution in [2.75, 3.05) is 19.7 Å². The van der Waals surface area contributed by atoms with Crippen LogP contribution < -0.4 is 10.6 Å². The van der Waals surface area contributed by atoms with E-state index in [4.69, 9.17) is 4.74 Å². The number of nitrogens with one attached hydrogen (secondary N) is 2. The summed E-state index contributed by atoms with van der Waals surface area (Å²) in [4.78, 5) is 36.2. The van der Waals surface area contributed by atoms with Crippen molar-refractivity contribution in [1.82, 2.24) is 10.6 Å². The predicted octanol–water partition coefficient (Wildman–Crippen LogP) is 2.92. The number of hydrogen-bond donors (Lipinski definition) is 2. The molecule has 0 aliphatic heterocycles. The summed E-state index contributed by atoms with van der Waals surface area (Å²) < 4.78 is 18.8. The summed E-state index contributed by atoms with van der Waals surface area (Å²) in [5.41, 5.74) is 0.823. The van der Waals surface area contributed by atoms with Gasteiger partial charge in [-0.1, -0.05) is 37.3 Å². The fourth-order valence-electron chi connectivity index (χ4n) is 2.30. The van der Waals surface area contributed by atoms with Crippen LogP contribution in [-0.4, -0.2) is 37.5 Å². The van der Waals surface area contributed by atoms with E-state index in [1.807, 2.05) is 6.92 Å². The van der Waals surface area contributed by atoms with Crippen molar-refractivity contribution in [3.63, 3.8) is 0 Å². The van der Waals surface area contributed by atoms with Crippen molar-refractivity contribution in [3.05, 3.63) is 65.5 Å². The SMILES string of the molecule is CCCNC(=O)CNC(=O)COC(=O)c1ccccc1SCc1ccccc1F. The van der Waals surface area contributed by atoms with Gasteiger partial charge in [-0.05, 0) is 30.2 Å². The summed E-state index contributed by atoms with van der Waals surface area (Å²) in [7, 11) is 0. The van der Waals surface area contributed by atoms with Crippen LogP contribution in [0.2, 0.25) is 0 Å². The number of esters is 1. The molecule has 2 rings (SSSR count). The molecule has 8 heteroatoms. The van der Waals surface area contributed by atoms with Crippen LogP contribution in [0.1, 0.15) is 29.3 Å². The molecule has 0 unspecified atom stereocenters. The minimum atomic E-state index is -0.660. The molecule has 0 bridgehead atoms. The molecule has 6 nitrogen and oxygen atoms in total. The van der Waals surface area contributed by atoms with E-state index in [1.165, 1.54) is 17.8 Å². The van der Waals surface area contributed by atoms with E-state index in [0.717, 1.165) is 6.42 Å². The van der Waals surface area contributed by atoms with E-state index >= 15 is 0 Å². The molecule has 29 heavy (non-hydrogen) atoms. The maximum Gasteiger partial charge on any atom is 0.339 e. The molecule has 0 aliphatic rings. The van der Waals surface area contributed by atoms with Crippen LogP contribution in [0.4, 0.5) is 4.39 Å². The quantitative estimate of drug-likeness (QED) is 0.458. The normalized spacial score (nSPS) is 10.3. The molecule has 0 atom stereocenters. The molecule has 2 N–H and O–H groups in total. The highest BCUT2D eigenvalue weighted by atomic mass is 32.2. The standard InChI is InChI=1S/C21H23FN2O4S/c1-2-11-23-19(25)12-24-20(26)13-28-21(27)16-8-4-6-10-18(16)29-14-15-7-3-5-9-17(15)22/h3-10H,2,11-14H2,1H3,(H,23,25)(H,24,26). The van der Waals surface area contributed by atoms with Gasteiger partial charge in [-0.25, -0.2) is 9.18 Å². The lowest BCUT2D eigenvalue weighted by molar-refractivity contribution is -0.127. The fraction of sp³-hybridized carbons (Fsp3) is 0.286. The Labute approximate surface area is 173 Å². The van der Waals surface area contributed by atoms with Crippen LogP contribution in [-0.2, 0) is 20.1 Å². The average Bonchev–Trinajstić information content (AvgIpc) is 2.74. The first-order valence-corrected chi connectivity index (χ1v) is 10.2. The Balaban J connectivity index is 1.87. The first kappa shape index (κ1) is 22.4.